The van der Waals surface area contributed by atoms with Gasteiger partial charge in [0.1, 0.15) is 5.78 Å². The molecule has 1 aromatic heterocycles. The third kappa shape index (κ3) is 2.81. The monoisotopic (exact) mass is 236 g/mol. The van der Waals surface area contributed by atoms with E-state index < -0.39 is 5.41 Å². The third-order valence-corrected chi connectivity index (χ3v) is 2.95. The highest BCUT2D eigenvalue weighted by Crippen LogP contribution is 2.20. The van der Waals surface area contributed by atoms with Crippen LogP contribution in [0.3, 0.4) is 0 Å². The molecule has 4 nitrogen and oxygen atoms in total. The molecule has 0 saturated heterocycles. The highest BCUT2D eigenvalue weighted by Gasteiger charge is 2.26. The Morgan fingerprint density at radius 1 is 1.24 bits per heavy atom. The number of aryl methyl sites for hydroxylation is 2. The lowest BCUT2D eigenvalue weighted by Gasteiger charge is -2.15. The predicted molar refractivity (Wildman–Crippen MR) is 66.1 cm³/mol. The Labute approximate surface area is 102 Å². The second-order valence-electron chi connectivity index (χ2n) is 5.44. The summed E-state index contributed by atoms with van der Waals surface area (Å²) in [4.78, 5) is 23.9. The van der Waals surface area contributed by atoms with Crippen molar-refractivity contribution in [2.45, 2.75) is 41.0 Å². The Bertz CT molecular complexity index is 464. The minimum Gasteiger partial charge on any atom is -0.299 e. The fourth-order valence-corrected chi connectivity index (χ4v) is 1.68. The van der Waals surface area contributed by atoms with E-state index in [0.29, 0.717) is 11.3 Å². The van der Waals surface area contributed by atoms with Crippen LogP contribution in [0.25, 0.3) is 0 Å². The van der Waals surface area contributed by atoms with Crippen molar-refractivity contribution in [2.75, 3.05) is 0 Å². The van der Waals surface area contributed by atoms with Gasteiger partial charge in [0, 0.05) is 18.2 Å². The highest BCUT2D eigenvalue weighted by molar-refractivity contribution is 6.10. The molecule has 1 rings (SSSR count). The molecule has 0 unspecified atom stereocenters. The molecule has 0 aliphatic rings. The maximum Gasteiger partial charge on any atom is 0.173 e. The summed E-state index contributed by atoms with van der Waals surface area (Å²) in [7, 11) is 1.80. The zero-order valence-electron chi connectivity index (χ0n) is 11.4. The Morgan fingerprint density at radius 3 is 2.12 bits per heavy atom. The maximum atomic E-state index is 12.1. The number of carbonyl (C=O) groups is 2. The second kappa shape index (κ2) is 4.43. The van der Waals surface area contributed by atoms with Crippen LogP contribution in [0, 0.1) is 19.3 Å². The predicted octanol–water partition coefficient (Wildman–Crippen LogP) is 2.22. The zero-order valence-corrected chi connectivity index (χ0v) is 11.4. The molecule has 4 heteroatoms. The van der Waals surface area contributed by atoms with E-state index in [9.17, 15) is 9.59 Å². The van der Waals surface area contributed by atoms with Gasteiger partial charge in [-0.15, -0.1) is 0 Å². The molecular weight excluding hydrogens is 216 g/mol. The number of Topliss-reactive ketones (excluding diaryl/α,β-unsaturated/α-hetero) is 2. The van der Waals surface area contributed by atoms with Gasteiger partial charge in [-0.25, -0.2) is 0 Å². The standard InChI is InChI=1S/C13H20N2O2/c1-8-12(9(2)15(6)14-8)10(16)7-11(17)13(3,4)5/h7H2,1-6H3. The van der Waals surface area contributed by atoms with Crippen LogP contribution in [-0.4, -0.2) is 21.3 Å². The van der Waals surface area contributed by atoms with Gasteiger partial charge in [-0.05, 0) is 13.8 Å². The summed E-state index contributed by atoms with van der Waals surface area (Å²) in [5.41, 5.74) is 1.62. The minimum atomic E-state index is -0.473. The molecule has 0 aliphatic carbocycles. The van der Waals surface area contributed by atoms with Crippen LogP contribution >= 0.6 is 0 Å². The summed E-state index contributed by atoms with van der Waals surface area (Å²) in [6.45, 7) is 9.11. The molecule has 0 aromatic carbocycles. The number of carbonyl (C=O) groups excluding carboxylic acids is 2. The lowest BCUT2D eigenvalue weighted by atomic mass is 9.87. The summed E-state index contributed by atoms with van der Waals surface area (Å²) < 4.78 is 1.67. The van der Waals surface area contributed by atoms with Crippen molar-refractivity contribution in [3.63, 3.8) is 0 Å². The van der Waals surface area contributed by atoms with Gasteiger partial charge in [0.15, 0.2) is 5.78 Å². The fourth-order valence-electron chi connectivity index (χ4n) is 1.68. The summed E-state index contributed by atoms with van der Waals surface area (Å²) in [5, 5.41) is 4.19. The van der Waals surface area contributed by atoms with E-state index in [4.69, 9.17) is 0 Å². The molecule has 0 saturated carbocycles. The Morgan fingerprint density at radius 2 is 1.76 bits per heavy atom. The van der Waals surface area contributed by atoms with Crippen LogP contribution < -0.4 is 0 Å². The van der Waals surface area contributed by atoms with Crippen molar-refractivity contribution in [1.82, 2.24) is 9.78 Å². The van der Waals surface area contributed by atoms with Crippen molar-refractivity contribution < 1.29 is 9.59 Å². The number of ketones is 2. The first-order valence-electron chi connectivity index (χ1n) is 5.71. The summed E-state index contributed by atoms with van der Waals surface area (Å²) >= 11 is 0. The lowest BCUT2D eigenvalue weighted by Crippen LogP contribution is -2.23. The largest absolute Gasteiger partial charge is 0.299 e. The number of rotatable bonds is 3. The van der Waals surface area contributed by atoms with Gasteiger partial charge in [0.05, 0.1) is 17.7 Å². The molecule has 17 heavy (non-hydrogen) atoms. The minimum absolute atomic E-state index is 0.0369. The molecule has 0 atom stereocenters. The molecular formula is C13H20N2O2. The number of hydrogen-bond acceptors (Lipinski definition) is 3. The van der Waals surface area contributed by atoms with E-state index in [2.05, 4.69) is 5.10 Å². The smallest absolute Gasteiger partial charge is 0.173 e. The van der Waals surface area contributed by atoms with E-state index in [-0.39, 0.29) is 18.0 Å². The molecule has 0 amide bonds. The second-order valence-corrected chi connectivity index (χ2v) is 5.44. The van der Waals surface area contributed by atoms with E-state index in [1.807, 2.05) is 27.7 Å². The normalized spacial score (nSPS) is 11.6. The topological polar surface area (TPSA) is 52.0 Å². The molecule has 0 aliphatic heterocycles. The number of aromatic nitrogens is 2. The first-order chi connectivity index (χ1) is 7.64. The van der Waals surface area contributed by atoms with E-state index in [1.54, 1.807) is 18.7 Å². The molecule has 0 fully saturated rings. The zero-order chi connectivity index (χ0) is 13.4. The fraction of sp³-hybridized carbons (Fsp3) is 0.615. The van der Waals surface area contributed by atoms with Crippen LogP contribution in [0.4, 0.5) is 0 Å². The molecule has 0 bridgehead atoms. The van der Waals surface area contributed by atoms with Crippen molar-refractivity contribution >= 4 is 11.6 Å². The van der Waals surface area contributed by atoms with Crippen LogP contribution in [-0.2, 0) is 11.8 Å². The summed E-state index contributed by atoms with van der Waals surface area (Å²) in [6.07, 6.45) is -0.0448. The maximum absolute atomic E-state index is 12.1. The van der Waals surface area contributed by atoms with Crippen LogP contribution in [0.1, 0.15) is 48.9 Å². The molecule has 1 heterocycles. The SMILES string of the molecule is Cc1nn(C)c(C)c1C(=O)CC(=O)C(C)(C)C. The van der Waals surface area contributed by atoms with Gasteiger partial charge < -0.3 is 0 Å². The van der Waals surface area contributed by atoms with E-state index in [1.165, 1.54) is 0 Å². The van der Waals surface area contributed by atoms with Gasteiger partial charge in [-0.2, -0.15) is 5.10 Å². The third-order valence-electron chi connectivity index (χ3n) is 2.95. The highest BCUT2D eigenvalue weighted by atomic mass is 16.1. The quantitative estimate of drug-likeness (QED) is 0.597. The van der Waals surface area contributed by atoms with Crippen LogP contribution in [0.15, 0.2) is 0 Å². The Hall–Kier alpha value is -1.45. The average Bonchev–Trinajstić information content (AvgIpc) is 2.39. The van der Waals surface area contributed by atoms with E-state index >= 15 is 0 Å². The van der Waals surface area contributed by atoms with Gasteiger partial charge in [0.2, 0.25) is 0 Å². The molecule has 1 aromatic rings. The van der Waals surface area contributed by atoms with Crippen molar-refractivity contribution in [3.05, 3.63) is 17.0 Å². The van der Waals surface area contributed by atoms with Crippen LogP contribution in [0.5, 0.6) is 0 Å². The van der Waals surface area contributed by atoms with Gasteiger partial charge in [0.25, 0.3) is 0 Å². The number of hydrogen-bond donors (Lipinski definition) is 0. The van der Waals surface area contributed by atoms with Gasteiger partial charge >= 0.3 is 0 Å². The van der Waals surface area contributed by atoms with Gasteiger partial charge in [-0.3, -0.25) is 14.3 Å². The molecule has 94 valence electrons. The lowest BCUT2D eigenvalue weighted by molar-refractivity contribution is -0.125. The first kappa shape index (κ1) is 13.6. The van der Waals surface area contributed by atoms with Crippen molar-refractivity contribution in [3.8, 4) is 0 Å². The van der Waals surface area contributed by atoms with Crippen molar-refractivity contribution in [2.24, 2.45) is 12.5 Å². The Balaban J connectivity index is 2.96. The number of nitrogens with zero attached hydrogens (tertiary/aromatic N) is 2. The molecule has 0 N–H and O–H groups in total. The van der Waals surface area contributed by atoms with Gasteiger partial charge in [-0.1, -0.05) is 20.8 Å². The van der Waals surface area contributed by atoms with Crippen molar-refractivity contribution in [1.29, 1.82) is 0 Å². The Kier molecular flexibility index (Phi) is 3.55. The van der Waals surface area contributed by atoms with Crippen LogP contribution in [0.2, 0.25) is 0 Å². The average molecular weight is 236 g/mol. The van der Waals surface area contributed by atoms with E-state index in [0.717, 1.165) is 5.69 Å². The summed E-state index contributed by atoms with van der Waals surface area (Å²) in [5.74, 6) is -0.168. The first-order valence-corrected chi connectivity index (χ1v) is 5.71. The molecule has 0 radical (unpaired) electrons. The summed E-state index contributed by atoms with van der Waals surface area (Å²) in [6, 6.07) is 0. The molecule has 0 spiro atoms.